The second kappa shape index (κ2) is 5.97. The molecule has 1 unspecified atom stereocenters. The lowest BCUT2D eigenvalue weighted by atomic mass is 9.98. The van der Waals surface area contributed by atoms with Crippen LogP contribution < -0.4 is 0 Å². The van der Waals surface area contributed by atoms with Gasteiger partial charge in [-0.1, -0.05) is 32.0 Å². The number of benzene rings is 1. The average molecular weight is 238 g/mol. The third kappa shape index (κ3) is 3.58. The normalized spacial score (nSPS) is 14.2. The number of hydrogen-bond acceptors (Lipinski definition) is 2. The Hall–Kier alpha value is -0.930. The van der Waals surface area contributed by atoms with Crippen molar-refractivity contribution >= 4 is 10.8 Å². The summed E-state index contributed by atoms with van der Waals surface area (Å²) in [6.45, 7) is 3.83. The Labute approximate surface area is 99.5 Å². The zero-order valence-electron chi connectivity index (χ0n) is 9.72. The standard InChI is InChI=1S/C13H18O2S/c1-3-13(14,4-2)10-11-16(15)12-8-6-5-7-9-12/h5-11,14H,3-4H2,1-2H3/b11-10-. The molecule has 0 aliphatic rings. The van der Waals surface area contributed by atoms with Crippen LogP contribution in [0.3, 0.4) is 0 Å². The van der Waals surface area contributed by atoms with Crippen LogP contribution in [0.1, 0.15) is 26.7 Å². The lowest BCUT2D eigenvalue weighted by Crippen LogP contribution is -2.23. The Morgan fingerprint density at radius 3 is 2.31 bits per heavy atom. The second-order valence-electron chi connectivity index (χ2n) is 3.72. The van der Waals surface area contributed by atoms with Crippen LogP contribution in [0, 0.1) is 0 Å². The molecule has 1 rings (SSSR count). The zero-order chi connectivity index (χ0) is 12.0. The fourth-order valence-corrected chi connectivity index (χ4v) is 2.27. The number of hydrogen-bond donors (Lipinski definition) is 1. The Bertz CT molecular complexity index is 367. The summed E-state index contributed by atoms with van der Waals surface area (Å²) >= 11 is 0. The third-order valence-corrected chi connectivity index (χ3v) is 3.82. The highest BCUT2D eigenvalue weighted by Crippen LogP contribution is 2.17. The van der Waals surface area contributed by atoms with Gasteiger partial charge in [-0.25, -0.2) is 4.21 Å². The van der Waals surface area contributed by atoms with Gasteiger partial charge in [-0.3, -0.25) is 0 Å². The van der Waals surface area contributed by atoms with E-state index in [2.05, 4.69) is 0 Å². The Kier molecular flexibility index (Phi) is 4.90. The summed E-state index contributed by atoms with van der Waals surface area (Å²) in [5, 5.41) is 11.6. The van der Waals surface area contributed by atoms with E-state index in [9.17, 15) is 9.32 Å². The molecule has 0 aromatic heterocycles. The smallest absolute Gasteiger partial charge is 0.0831 e. The molecule has 1 aromatic rings. The molecular formula is C13H18O2S. The van der Waals surface area contributed by atoms with Crippen LogP contribution in [0.15, 0.2) is 46.7 Å². The van der Waals surface area contributed by atoms with Crippen molar-refractivity contribution in [3.8, 4) is 0 Å². The molecule has 0 amide bonds. The fraction of sp³-hybridized carbons (Fsp3) is 0.385. The average Bonchev–Trinajstić information content (AvgIpc) is 2.36. The van der Waals surface area contributed by atoms with Crippen LogP contribution in [0.4, 0.5) is 0 Å². The zero-order valence-corrected chi connectivity index (χ0v) is 10.5. The van der Waals surface area contributed by atoms with Gasteiger partial charge >= 0.3 is 0 Å². The maximum Gasteiger partial charge on any atom is 0.0831 e. The highest BCUT2D eigenvalue weighted by atomic mass is 32.2. The van der Waals surface area contributed by atoms with Gasteiger partial charge in [0.15, 0.2) is 0 Å². The summed E-state index contributed by atoms with van der Waals surface area (Å²) < 4.78 is 11.8. The van der Waals surface area contributed by atoms with Crippen LogP contribution in [0.2, 0.25) is 0 Å². The molecule has 0 spiro atoms. The summed E-state index contributed by atoms with van der Waals surface area (Å²) in [6.07, 6.45) is 2.91. The van der Waals surface area contributed by atoms with Crippen molar-refractivity contribution in [2.45, 2.75) is 37.2 Å². The lowest BCUT2D eigenvalue weighted by molar-refractivity contribution is 0.0830. The molecule has 0 aliphatic heterocycles. The Morgan fingerprint density at radius 1 is 1.25 bits per heavy atom. The monoisotopic (exact) mass is 238 g/mol. The maximum atomic E-state index is 11.8. The minimum Gasteiger partial charge on any atom is -0.386 e. The maximum absolute atomic E-state index is 11.8. The summed E-state index contributed by atoms with van der Waals surface area (Å²) in [7, 11) is -1.17. The molecule has 2 nitrogen and oxygen atoms in total. The van der Waals surface area contributed by atoms with Gasteiger partial charge in [-0.15, -0.1) is 0 Å². The van der Waals surface area contributed by atoms with Crippen molar-refractivity contribution < 1.29 is 9.32 Å². The van der Waals surface area contributed by atoms with Crippen molar-refractivity contribution in [2.75, 3.05) is 0 Å². The SMILES string of the molecule is CCC(O)(/C=C\S(=O)c1ccccc1)CC. The van der Waals surface area contributed by atoms with E-state index in [1.54, 1.807) is 11.5 Å². The van der Waals surface area contributed by atoms with E-state index >= 15 is 0 Å². The van der Waals surface area contributed by atoms with Crippen molar-refractivity contribution in [1.29, 1.82) is 0 Å². The number of rotatable bonds is 5. The van der Waals surface area contributed by atoms with Gasteiger partial charge in [0.1, 0.15) is 0 Å². The molecule has 0 saturated heterocycles. The van der Waals surface area contributed by atoms with Gasteiger partial charge in [0.2, 0.25) is 0 Å². The van der Waals surface area contributed by atoms with E-state index in [0.717, 1.165) is 4.90 Å². The topological polar surface area (TPSA) is 37.3 Å². The first-order valence-electron chi connectivity index (χ1n) is 5.48. The van der Waals surface area contributed by atoms with Gasteiger partial charge in [0.25, 0.3) is 0 Å². The third-order valence-electron chi connectivity index (χ3n) is 2.70. The summed E-state index contributed by atoms with van der Waals surface area (Å²) in [6, 6.07) is 9.23. The van der Waals surface area contributed by atoms with Crippen LogP contribution in [0.25, 0.3) is 0 Å². The van der Waals surface area contributed by atoms with E-state index in [-0.39, 0.29) is 0 Å². The molecule has 0 bridgehead atoms. The van der Waals surface area contributed by atoms with E-state index in [1.807, 2.05) is 44.2 Å². The molecule has 88 valence electrons. The van der Waals surface area contributed by atoms with Gasteiger partial charge in [-0.05, 0) is 31.1 Å². The fourth-order valence-electron chi connectivity index (χ4n) is 1.31. The van der Waals surface area contributed by atoms with E-state index in [0.29, 0.717) is 12.8 Å². The number of aliphatic hydroxyl groups is 1. The van der Waals surface area contributed by atoms with E-state index in [4.69, 9.17) is 0 Å². The largest absolute Gasteiger partial charge is 0.386 e. The van der Waals surface area contributed by atoms with Crippen molar-refractivity contribution in [1.82, 2.24) is 0 Å². The molecule has 0 heterocycles. The van der Waals surface area contributed by atoms with Gasteiger partial charge in [0, 0.05) is 10.3 Å². The van der Waals surface area contributed by atoms with Gasteiger partial charge < -0.3 is 5.11 Å². The molecule has 16 heavy (non-hydrogen) atoms. The second-order valence-corrected chi connectivity index (χ2v) is 5.06. The molecule has 0 radical (unpaired) electrons. The molecular weight excluding hydrogens is 220 g/mol. The van der Waals surface area contributed by atoms with Crippen LogP contribution in [0.5, 0.6) is 0 Å². The predicted octanol–water partition coefficient (Wildman–Crippen LogP) is 2.86. The quantitative estimate of drug-likeness (QED) is 0.856. The van der Waals surface area contributed by atoms with Crippen LogP contribution in [-0.2, 0) is 10.8 Å². The first-order chi connectivity index (χ1) is 7.61. The molecule has 0 aliphatic carbocycles. The summed E-state index contributed by atoms with van der Waals surface area (Å²) in [4.78, 5) is 0.758. The highest BCUT2D eigenvalue weighted by Gasteiger charge is 2.17. The minimum atomic E-state index is -1.17. The van der Waals surface area contributed by atoms with Crippen molar-refractivity contribution in [3.63, 3.8) is 0 Å². The first-order valence-corrected chi connectivity index (χ1v) is 6.70. The van der Waals surface area contributed by atoms with Crippen LogP contribution in [-0.4, -0.2) is 14.9 Å². The lowest BCUT2D eigenvalue weighted by Gasteiger charge is -2.19. The summed E-state index contributed by atoms with van der Waals surface area (Å²) in [5.41, 5.74) is -0.829. The minimum absolute atomic E-state index is 0.631. The molecule has 0 saturated carbocycles. The molecule has 1 atom stereocenters. The van der Waals surface area contributed by atoms with E-state index < -0.39 is 16.4 Å². The molecule has 3 heteroatoms. The van der Waals surface area contributed by atoms with E-state index in [1.165, 1.54) is 0 Å². The Balaban J connectivity index is 2.75. The first kappa shape index (κ1) is 13.1. The van der Waals surface area contributed by atoms with Crippen molar-refractivity contribution in [3.05, 3.63) is 41.8 Å². The molecule has 1 N–H and O–H groups in total. The Morgan fingerprint density at radius 2 is 1.81 bits per heavy atom. The van der Waals surface area contributed by atoms with Gasteiger partial charge in [0.05, 0.1) is 16.4 Å². The molecule has 1 aromatic carbocycles. The predicted molar refractivity (Wildman–Crippen MR) is 67.5 cm³/mol. The highest BCUT2D eigenvalue weighted by molar-refractivity contribution is 7.88. The van der Waals surface area contributed by atoms with Crippen LogP contribution >= 0.6 is 0 Å². The summed E-state index contributed by atoms with van der Waals surface area (Å²) in [5.74, 6) is 0. The molecule has 0 fully saturated rings. The van der Waals surface area contributed by atoms with Gasteiger partial charge in [-0.2, -0.15) is 0 Å². The van der Waals surface area contributed by atoms with Crippen molar-refractivity contribution in [2.24, 2.45) is 0 Å².